The maximum atomic E-state index is 12.6. The molecule has 25 heavy (non-hydrogen) atoms. The summed E-state index contributed by atoms with van der Waals surface area (Å²) >= 11 is 5.47. The topological polar surface area (TPSA) is 59.8 Å². The van der Waals surface area contributed by atoms with Crippen molar-refractivity contribution < 1.29 is 18.0 Å². The highest BCUT2D eigenvalue weighted by Crippen LogP contribution is 2.37. The first kappa shape index (κ1) is 17.6. The van der Waals surface area contributed by atoms with Crippen LogP contribution in [0.3, 0.4) is 0 Å². The van der Waals surface area contributed by atoms with Gasteiger partial charge in [0.15, 0.2) is 0 Å². The van der Waals surface area contributed by atoms with E-state index in [0.717, 1.165) is 5.52 Å². The molecule has 10 heteroatoms. The minimum Gasteiger partial charge on any atom is -0.313 e. The smallest absolute Gasteiger partial charge is 0.313 e. The molecular formula is C15H10ClF3N4OS. The number of carbonyl (C=O) groups is 1. The van der Waals surface area contributed by atoms with E-state index in [4.69, 9.17) is 11.6 Å². The summed E-state index contributed by atoms with van der Waals surface area (Å²) in [5, 5.41) is 2.57. The molecule has 1 N–H and O–H groups in total. The maximum Gasteiger partial charge on any atom is 0.447 e. The molecule has 0 unspecified atom stereocenters. The Hall–Kier alpha value is -2.26. The molecule has 0 atom stereocenters. The number of anilines is 1. The van der Waals surface area contributed by atoms with E-state index in [2.05, 4.69) is 15.3 Å². The summed E-state index contributed by atoms with van der Waals surface area (Å²) in [5.74, 6) is -0.543. The Morgan fingerprint density at radius 3 is 2.80 bits per heavy atom. The first-order chi connectivity index (χ1) is 11.7. The molecule has 3 rings (SSSR count). The second-order valence-corrected chi connectivity index (χ2v) is 6.48. The first-order valence-corrected chi connectivity index (χ1v) is 8.08. The number of nitrogens with one attached hydrogen (secondary N) is 1. The van der Waals surface area contributed by atoms with E-state index in [0.29, 0.717) is 10.5 Å². The summed E-state index contributed by atoms with van der Waals surface area (Å²) in [7, 11) is 1.67. The SMILES string of the molecule is Cn1c(NC(=O)c2cccnc2SC(F)(F)F)nc2cc(Cl)ccc21. The summed E-state index contributed by atoms with van der Waals surface area (Å²) in [5.41, 5.74) is -3.45. The number of pyridine rings is 1. The van der Waals surface area contributed by atoms with Crippen molar-refractivity contribution in [3.8, 4) is 0 Å². The molecule has 0 aliphatic rings. The number of hydrogen-bond acceptors (Lipinski definition) is 4. The van der Waals surface area contributed by atoms with Crippen molar-refractivity contribution in [3.63, 3.8) is 0 Å². The van der Waals surface area contributed by atoms with Crippen LogP contribution in [0.25, 0.3) is 11.0 Å². The minimum absolute atomic E-state index is 0.185. The van der Waals surface area contributed by atoms with Crippen LogP contribution in [-0.4, -0.2) is 26.0 Å². The van der Waals surface area contributed by atoms with Crippen LogP contribution < -0.4 is 5.32 Å². The standard InChI is InChI=1S/C15H10ClF3N4OS/c1-23-11-5-4-8(16)7-10(11)21-14(23)22-12(24)9-3-2-6-20-13(9)25-15(17,18)19/h2-7H,1H3,(H,21,22,24). The highest BCUT2D eigenvalue weighted by Gasteiger charge is 2.32. The molecule has 0 aliphatic carbocycles. The second-order valence-electron chi connectivity index (χ2n) is 4.99. The van der Waals surface area contributed by atoms with Gasteiger partial charge in [-0.25, -0.2) is 9.97 Å². The summed E-state index contributed by atoms with van der Waals surface area (Å²) in [6, 6.07) is 7.70. The van der Waals surface area contributed by atoms with E-state index < -0.39 is 28.2 Å². The Kier molecular flexibility index (Phi) is 4.61. The van der Waals surface area contributed by atoms with Crippen molar-refractivity contribution in [1.29, 1.82) is 0 Å². The largest absolute Gasteiger partial charge is 0.447 e. The lowest BCUT2D eigenvalue weighted by molar-refractivity contribution is -0.0329. The Labute approximate surface area is 149 Å². The van der Waals surface area contributed by atoms with Gasteiger partial charge in [-0.1, -0.05) is 11.6 Å². The van der Waals surface area contributed by atoms with Crippen molar-refractivity contribution in [1.82, 2.24) is 14.5 Å². The second kappa shape index (κ2) is 6.57. The minimum atomic E-state index is -4.54. The van der Waals surface area contributed by atoms with E-state index in [1.807, 2.05) is 0 Å². The van der Waals surface area contributed by atoms with E-state index >= 15 is 0 Å². The number of halogens is 4. The van der Waals surface area contributed by atoms with Gasteiger partial charge in [0.1, 0.15) is 5.03 Å². The first-order valence-electron chi connectivity index (χ1n) is 6.89. The molecule has 5 nitrogen and oxygen atoms in total. The highest BCUT2D eigenvalue weighted by atomic mass is 35.5. The molecule has 2 aromatic heterocycles. The summed E-state index contributed by atoms with van der Waals surface area (Å²) < 4.78 is 39.5. The number of thioether (sulfide) groups is 1. The van der Waals surface area contributed by atoms with Crippen LogP contribution in [-0.2, 0) is 7.05 Å². The number of rotatable bonds is 3. The molecule has 0 saturated heterocycles. The number of aryl methyl sites for hydroxylation is 1. The predicted octanol–water partition coefficient (Wildman–Crippen LogP) is 4.49. The van der Waals surface area contributed by atoms with Gasteiger partial charge < -0.3 is 4.57 Å². The zero-order chi connectivity index (χ0) is 18.2. The molecule has 2 heterocycles. The van der Waals surface area contributed by atoms with Gasteiger partial charge in [0.2, 0.25) is 5.95 Å². The van der Waals surface area contributed by atoms with Gasteiger partial charge in [-0.2, -0.15) is 13.2 Å². The van der Waals surface area contributed by atoms with Crippen molar-refractivity contribution >= 4 is 46.3 Å². The number of alkyl halides is 3. The fourth-order valence-corrected chi connectivity index (χ4v) is 2.98. The molecule has 0 bridgehead atoms. The predicted molar refractivity (Wildman–Crippen MR) is 89.8 cm³/mol. The Balaban J connectivity index is 1.92. The quantitative estimate of drug-likeness (QED) is 0.674. The highest BCUT2D eigenvalue weighted by molar-refractivity contribution is 8.00. The number of imidazole rings is 1. The monoisotopic (exact) mass is 386 g/mol. The van der Waals surface area contributed by atoms with Crippen LogP contribution in [0.5, 0.6) is 0 Å². The van der Waals surface area contributed by atoms with E-state index in [9.17, 15) is 18.0 Å². The average Bonchev–Trinajstić information content (AvgIpc) is 2.81. The van der Waals surface area contributed by atoms with Gasteiger partial charge in [-0.05, 0) is 30.3 Å². The van der Waals surface area contributed by atoms with Gasteiger partial charge >= 0.3 is 5.51 Å². The molecule has 0 radical (unpaired) electrons. The van der Waals surface area contributed by atoms with Crippen molar-refractivity contribution in [3.05, 3.63) is 47.1 Å². The zero-order valence-electron chi connectivity index (χ0n) is 12.6. The third-order valence-corrected chi connectivity index (χ3v) is 4.28. The van der Waals surface area contributed by atoms with E-state index in [1.54, 1.807) is 29.8 Å². The number of amides is 1. The van der Waals surface area contributed by atoms with Crippen molar-refractivity contribution in [2.24, 2.45) is 7.05 Å². The lowest BCUT2D eigenvalue weighted by atomic mass is 10.3. The zero-order valence-corrected chi connectivity index (χ0v) is 14.2. The Morgan fingerprint density at radius 2 is 2.08 bits per heavy atom. The lowest BCUT2D eigenvalue weighted by Gasteiger charge is -2.10. The molecule has 1 aromatic carbocycles. The average molecular weight is 387 g/mol. The molecule has 130 valence electrons. The fraction of sp³-hybridized carbons (Fsp3) is 0.133. The van der Waals surface area contributed by atoms with Crippen LogP contribution in [0, 0.1) is 0 Å². The van der Waals surface area contributed by atoms with Crippen LogP contribution in [0.15, 0.2) is 41.6 Å². The van der Waals surface area contributed by atoms with E-state index in [1.165, 1.54) is 18.3 Å². The van der Waals surface area contributed by atoms with Crippen molar-refractivity contribution in [2.45, 2.75) is 10.5 Å². The fourth-order valence-electron chi connectivity index (χ4n) is 2.21. The number of hydrogen-bond donors (Lipinski definition) is 1. The normalized spacial score (nSPS) is 11.7. The number of carbonyl (C=O) groups excluding carboxylic acids is 1. The van der Waals surface area contributed by atoms with Gasteiger partial charge in [0, 0.05) is 30.0 Å². The molecular weight excluding hydrogens is 377 g/mol. The van der Waals surface area contributed by atoms with Gasteiger partial charge in [-0.3, -0.25) is 10.1 Å². The number of fused-ring (bicyclic) bond motifs is 1. The number of benzene rings is 1. The van der Waals surface area contributed by atoms with Crippen LogP contribution in [0.2, 0.25) is 5.02 Å². The van der Waals surface area contributed by atoms with Gasteiger partial charge in [-0.15, -0.1) is 0 Å². The molecule has 1 amide bonds. The van der Waals surface area contributed by atoms with Crippen LogP contribution in [0.1, 0.15) is 10.4 Å². The number of aromatic nitrogens is 3. The summed E-state index contributed by atoms with van der Waals surface area (Å²) in [4.78, 5) is 20.3. The third kappa shape index (κ3) is 3.88. The maximum absolute atomic E-state index is 12.6. The molecule has 3 aromatic rings. The number of nitrogens with zero attached hydrogens (tertiary/aromatic N) is 3. The Morgan fingerprint density at radius 1 is 1.32 bits per heavy atom. The van der Waals surface area contributed by atoms with Gasteiger partial charge in [0.25, 0.3) is 5.91 Å². The Bertz CT molecular complexity index is 958. The third-order valence-electron chi connectivity index (χ3n) is 3.30. The van der Waals surface area contributed by atoms with E-state index in [-0.39, 0.29) is 11.5 Å². The molecule has 0 spiro atoms. The summed E-state index contributed by atoms with van der Waals surface area (Å²) in [6.07, 6.45) is 1.20. The van der Waals surface area contributed by atoms with Crippen LogP contribution in [0.4, 0.5) is 19.1 Å². The molecule has 0 saturated carbocycles. The summed E-state index contributed by atoms with van der Waals surface area (Å²) in [6.45, 7) is 0. The molecule has 0 aliphatic heterocycles. The van der Waals surface area contributed by atoms with Crippen molar-refractivity contribution in [2.75, 3.05) is 5.32 Å². The molecule has 0 fully saturated rings. The van der Waals surface area contributed by atoms with Crippen LogP contribution >= 0.6 is 23.4 Å². The van der Waals surface area contributed by atoms with Gasteiger partial charge in [0.05, 0.1) is 16.6 Å². The lowest BCUT2D eigenvalue weighted by Crippen LogP contribution is -2.17.